The first-order chi connectivity index (χ1) is 9.64. The average Bonchev–Trinajstić information content (AvgIpc) is 2.70. The maximum atomic E-state index is 13.8. The number of aliphatic hydroxyl groups excluding tert-OH is 1. The molecule has 0 aliphatic carbocycles. The van der Waals surface area contributed by atoms with Gasteiger partial charge in [0.25, 0.3) is 0 Å². The Hall–Kier alpha value is -1.78. The van der Waals surface area contributed by atoms with Crippen LogP contribution in [0.5, 0.6) is 0 Å². The zero-order chi connectivity index (χ0) is 15.9. The Bertz CT molecular complexity index is 672. The lowest BCUT2D eigenvalue weighted by Crippen LogP contribution is -2.44. The first-order valence-electron chi connectivity index (χ1n) is 5.88. The van der Waals surface area contributed by atoms with Gasteiger partial charge < -0.3 is 16.6 Å². The third kappa shape index (κ3) is 2.69. The van der Waals surface area contributed by atoms with Crippen molar-refractivity contribution in [3.8, 4) is 0 Å². The van der Waals surface area contributed by atoms with E-state index >= 15 is 0 Å². The number of hydrogen-bond acceptors (Lipinski definition) is 5. The number of carbonyl (C=O) groups excluding carboxylic acids is 1. The third-order valence-electron chi connectivity index (χ3n) is 3.15. The number of carbonyl (C=O) groups is 1. The van der Waals surface area contributed by atoms with E-state index in [2.05, 4.69) is 0 Å². The van der Waals surface area contributed by atoms with Crippen LogP contribution in [0.25, 0.3) is 0 Å². The molecular formula is C11H13F2N3O4S. The molecule has 1 aromatic rings. The van der Waals surface area contributed by atoms with Crippen molar-refractivity contribution in [1.29, 1.82) is 0 Å². The second-order valence-corrected chi connectivity index (χ2v) is 6.52. The number of primary amides is 1. The van der Waals surface area contributed by atoms with Gasteiger partial charge in [-0.2, -0.15) is 4.31 Å². The summed E-state index contributed by atoms with van der Waals surface area (Å²) in [5.74, 6) is -3.76. The van der Waals surface area contributed by atoms with E-state index in [0.29, 0.717) is 16.4 Å². The summed E-state index contributed by atoms with van der Waals surface area (Å²) in [5.41, 5.74) is 10.0. The number of nitrogens with zero attached hydrogens (tertiary/aromatic N) is 1. The molecule has 2 atom stereocenters. The van der Waals surface area contributed by atoms with Crippen LogP contribution in [0.2, 0.25) is 0 Å². The molecule has 0 saturated carbocycles. The first kappa shape index (κ1) is 15.6. The van der Waals surface area contributed by atoms with Gasteiger partial charge >= 0.3 is 0 Å². The number of nitrogen functional groups attached to an aromatic ring is 1. The van der Waals surface area contributed by atoms with Crippen LogP contribution in [0.1, 0.15) is 6.42 Å². The van der Waals surface area contributed by atoms with Crippen molar-refractivity contribution in [2.45, 2.75) is 23.5 Å². The summed E-state index contributed by atoms with van der Waals surface area (Å²) in [7, 11) is -4.68. The number of hydrogen-bond donors (Lipinski definition) is 3. The Morgan fingerprint density at radius 2 is 1.86 bits per heavy atom. The lowest BCUT2D eigenvalue weighted by atomic mass is 10.2. The van der Waals surface area contributed by atoms with E-state index in [9.17, 15) is 27.1 Å². The minimum Gasteiger partial charge on any atom is -0.399 e. The summed E-state index contributed by atoms with van der Waals surface area (Å²) < 4.78 is 52.7. The van der Waals surface area contributed by atoms with Gasteiger partial charge in [-0.15, -0.1) is 0 Å². The first-order valence-corrected chi connectivity index (χ1v) is 7.32. The zero-order valence-electron chi connectivity index (χ0n) is 10.7. The molecule has 2 rings (SSSR count). The third-order valence-corrected chi connectivity index (χ3v) is 5.08. The summed E-state index contributed by atoms with van der Waals surface area (Å²) in [6.07, 6.45) is -1.37. The number of aliphatic hydroxyl groups is 1. The second-order valence-electron chi connectivity index (χ2n) is 4.70. The van der Waals surface area contributed by atoms with Crippen molar-refractivity contribution in [3.63, 3.8) is 0 Å². The molecule has 1 aliphatic rings. The topological polar surface area (TPSA) is 127 Å². The number of β-amino-alcohol motifs (C(OH)–C–C–N with tert-alkyl or cyclic N) is 1. The molecule has 1 saturated heterocycles. The Labute approximate surface area is 119 Å². The lowest BCUT2D eigenvalue weighted by Gasteiger charge is -2.22. The molecule has 10 heteroatoms. The van der Waals surface area contributed by atoms with E-state index in [1.807, 2.05) is 0 Å². The van der Waals surface area contributed by atoms with Crippen LogP contribution in [-0.4, -0.2) is 42.4 Å². The molecule has 116 valence electrons. The molecular weight excluding hydrogens is 308 g/mol. The maximum absolute atomic E-state index is 13.8. The molecule has 1 fully saturated rings. The highest BCUT2D eigenvalue weighted by Gasteiger charge is 2.44. The molecule has 1 aliphatic heterocycles. The molecule has 1 heterocycles. The number of anilines is 1. The van der Waals surface area contributed by atoms with Gasteiger partial charge in [0.15, 0.2) is 4.90 Å². The average molecular weight is 321 g/mol. The summed E-state index contributed by atoms with van der Waals surface area (Å²) in [5, 5.41) is 9.49. The van der Waals surface area contributed by atoms with Gasteiger partial charge in [0.2, 0.25) is 15.9 Å². The van der Waals surface area contributed by atoms with Crippen molar-refractivity contribution in [1.82, 2.24) is 4.31 Å². The second kappa shape index (κ2) is 5.20. The smallest absolute Gasteiger partial charge is 0.249 e. The standard InChI is InChI=1S/C11H13F2N3O4S/c12-7-1-5(14)2-8(13)10(7)21(19,20)16-4-6(17)3-9(16)11(15)18/h1-2,6,9,17H,3-4,14H2,(H2,15,18). The maximum Gasteiger partial charge on any atom is 0.249 e. The van der Waals surface area contributed by atoms with Crippen LogP contribution in [0, 0.1) is 11.6 Å². The molecule has 21 heavy (non-hydrogen) atoms. The minimum absolute atomic E-state index is 0.229. The van der Waals surface area contributed by atoms with E-state index < -0.39 is 51.2 Å². The molecule has 0 bridgehead atoms. The Kier molecular flexibility index (Phi) is 3.87. The normalized spacial score (nSPS) is 23.4. The van der Waals surface area contributed by atoms with Gasteiger partial charge in [-0.1, -0.05) is 0 Å². The van der Waals surface area contributed by atoms with E-state index in [0.717, 1.165) is 0 Å². The number of sulfonamides is 1. The minimum atomic E-state index is -4.68. The van der Waals surface area contributed by atoms with Crippen molar-refractivity contribution in [3.05, 3.63) is 23.8 Å². The van der Waals surface area contributed by atoms with Crippen molar-refractivity contribution >= 4 is 21.6 Å². The van der Waals surface area contributed by atoms with Crippen LogP contribution in [0.4, 0.5) is 14.5 Å². The predicted octanol–water partition coefficient (Wildman–Crippen LogP) is -0.844. The van der Waals surface area contributed by atoms with Crippen LogP contribution in [0.15, 0.2) is 17.0 Å². The van der Waals surface area contributed by atoms with Crippen molar-refractivity contribution < 1.29 is 27.1 Å². The summed E-state index contributed by atoms with van der Waals surface area (Å²) in [6.45, 7) is -0.473. The molecule has 1 aromatic carbocycles. The fourth-order valence-corrected chi connectivity index (χ4v) is 3.99. The summed E-state index contributed by atoms with van der Waals surface area (Å²) in [6, 6.07) is -0.0509. The number of nitrogens with two attached hydrogens (primary N) is 2. The fraction of sp³-hybridized carbons (Fsp3) is 0.364. The largest absolute Gasteiger partial charge is 0.399 e. The highest BCUT2D eigenvalue weighted by atomic mass is 32.2. The van der Waals surface area contributed by atoms with Crippen molar-refractivity contribution in [2.75, 3.05) is 12.3 Å². The lowest BCUT2D eigenvalue weighted by molar-refractivity contribution is -0.121. The summed E-state index contributed by atoms with van der Waals surface area (Å²) in [4.78, 5) is 10.0. The quantitative estimate of drug-likeness (QED) is 0.625. The van der Waals surface area contributed by atoms with Gasteiger partial charge in [-0.3, -0.25) is 4.79 Å². The van der Waals surface area contributed by atoms with E-state index in [1.165, 1.54) is 0 Å². The molecule has 2 unspecified atom stereocenters. The summed E-state index contributed by atoms with van der Waals surface area (Å²) >= 11 is 0. The van der Waals surface area contributed by atoms with Gasteiger partial charge in [0.1, 0.15) is 17.7 Å². The van der Waals surface area contributed by atoms with E-state index in [4.69, 9.17) is 11.5 Å². The molecule has 0 spiro atoms. The Morgan fingerprint density at radius 1 is 1.33 bits per heavy atom. The van der Waals surface area contributed by atoms with Crippen molar-refractivity contribution in [2.24, 2.45) is 5.73 Å². The van der Waals surface area contributed by atoms with Gasteiger partial charge in [-0.25, -0.2) is 17.2 Å². The molecule has 7 nitrogen and oxygen atoms in total. The predicted molar refractivity (Wildman–Crippen MR) is 68.3 cm³/mol. The van der Waals surface area contributed by atoms with E-state index in [1.54, 1.807) is 0 Å². The Morgan fingerprint density at radius 3 is 2.33 bits per heavy atom. The number of benzene rings is 1. The fourth-order valence-electron chi connectivity index (χ4n) is 2.25. The van der Waals surface area contributed by atoms with E-state index in [-0.39, 0.29) is 12.1 Å². The molecule has 0 radical (unpaired) electrons. The highest BCUT2D eigenvalue weighted by Crippen LogP contribution is 2.30. The highest BCUT2D eigenvalue weighted by molar-refractivity contribution is 7.89. The number of halogens is 2. The van der Waals surface area contributed by atoms with Crippen LogP contribution < -0.4 is 11.5 Å². The number of rotatable bonds is 3. The van der Waals surface area contributed by atoms with Gasteiger partial charge in [0.05, 0.1) is 6.10 Å². The van der Waals surface area contributed by atoms with Crippen LogP contribution in [0.3, 0.4) is 0 Å². The van der Waals surface area contributed by atoms with Crippen LogP contribution >= 0.6 is 0 Å². The van der Waals surface area contributed by atoms with Gasteiger partial charge in [-0.05, 0) is 12.1 Å². The van der Waals surface area contributed by atoms with Gasteiger partial charge in [0, 0.05) is 18.7 Å². The zero-order valence-corrected chi connectivity index (χ0v) is 11.5. The molecule has 1 amide bonds. The molecule has 5 N–H and O–H groups in total. The Balaban J connectivity index is 2.55. The SMILES string of the molecule is NC(=O)C1CC(O)CN1S(=O)(=O)c1c(F)cc(N)cc1F. The molecule has 0 aromatic heterocycles. The number of amides is 1. The monoisotopic (exact) mass is 321 g/mol. The van der Waals surface area contributed by atoms with Crippen LogP contribution in [-0.2, 0) is 14.8 Å².